The molecule has 4 rings (SSSR count). The van der Waals surface area contributed by atoms with Crippen molar-refractivity contribution in [2.75, 3.05) is 11.4 Å². The smallest absolute Gasteiger partial charge is 0.265 e. The molecule has 0 amide bonds. The van der Waals surface area contributed by atoms with Crippen LogP contribution in [-0.4, -0.2) is 20.4 Å². The number of nitrogens with zero attached hydrogens (tertiary/aromatic N) is 2. The standard InChI is InChI=1S/C23H20N2O3S/c1-17-13-15-20(16-14-17)29(26,27)25(2)22-21(18-9-5-3-6-10-18)28-23(24-22)19-11-7-4-8-12-19/h3-16H,1-2H3. The largest absolute Gasteiger partial charge is 0.434 e. The lowest BCUT2D eigenvalue weighted by atomic mass is 10.2. The highest BCUT2D eigenvalue weighted by Crippen LogP contribution is 2.36. The van der Waals surface area contributed by atoms with Gasteiger partial charge in [-0.1, -0.05) is 66.2 Å². The number of aryl methyl sites for hydroxylation is 1. The Hall–Kier alpha value is -3.38. The van der Waals surface area contributed by atoms with Gasteiger partial charge in [-0.25, -0.2) is 12.7 Å². The second-order valence-electron chi connectivity index (χ2n) is 6.69. The monoisotopic (exact) mass is 404 g/mol. The number of rotatable bonds is 5. The zero-order valence-corrected chi connectivity index (χ0v) is 16.9. The summed E-state index contributed by atoms with van der Waals surface area (Å²) in [5.74, 6) is 1.02. The Morgan fingerprint density at radius 1 is 0.793 bits per heavy atom. The lowest BCUT2D eigenvalue weighted by Crippen LogP contribution is -2.27. The van der Waals surface area contributed by atoms with Crippen LogP contribution in [0, 0.1) is 6.92 Å². The van der Waals surface area contributed by atoms with E-state index in [0.717, 1.165) is 16.7 Å². The normalized spacial score (nSPS) is 11.4. The van der Waals surface area contributed by atoms with Gasteiger partial charge in [0.1, 0.15) is 0 Å². The van der Waals surface area contributed by atoms with Crippen molar-refractivity contribution in [2.45, 2.75) is 11.8 Å². The molecule has 0 aliphatic rings. The Kier molecular flexibility index (Phi) is 4.94. The van der Waals surface area contributed by atoms with Crippen LogP contribution in [0.15, 0.2) is 94.2 Å². The zero-order valence-electron chi connectivity index (χ0n) is 16.1. The minimum atomic E-state index is -3.80. The summed E-state index contributed by atoms with van der Waals surface area (Å²) in [6.07, 6.45) is 0. The molecule has 1 heterocycles. The quantitative estimate of drug-likeness (QED) is 0.462. The summed E-state index contributed by atoms with van der Waals surface area (Å²) < 4.78 is 33.7. The zero-order chi connectivity index (χ0) is 20.4. The average Bonchev–Trinajstić information content (AvgIpc) is 3.20. The van der Waals surface area contributed by atoms with Gasteiger partial charge in [0.25, 0.3) is 10.0 Å². The van der Waals surface area contributed by atoms with Crippen LogP contribution < -0.4 is 4.31 Å². The first kappa shape index (κ1) is 19.0. The maximum atomic E-state index is 13.2. The molecule has 0 aliphatic carbocycles. The molecule has 5 nitrogen and oxygen atoms in total. The van der Waals surface area contributed by atoms with Gasteiger partial charge < -0.3 is 4.42 Å². The maximum Gasteiger partial charge on any atom is 0.265 e. The van der Waals surface area contributed by atoms with Gasteiger partial charge in [-0.2, -0.15) is 4.98 Å². The summed E-state index contributed by atoms with van der Waals surface area (Å²) >= 11 is 0. The molecular formula is C23H20N2O3S. The van der Waals surface area contributed by atoms with E-state index in [1.165, 1.54) is 11.4 Å². The van der Waals surface area contributed by atoms with E-state index >= 15 is 0 Å². The third-order valence-electron chi connectivity index (χ3n) is 4.64. The molecule has 0 saturated carbocycles. The van der Waals surface area contributed by atoms with Crippen LogP contribution in [0.1, 0.15) is 5.56 Å². The number of benzene rings is 3. The van der Waals surface area contributed by atoms with Crippen LogP contribution in [0.5, 0.6) is 0 Å². The van der Waals surface area contributed by atoms with E-state index in [1.54, 1.807) is 24.3 Å². The van der Waals surface area contributed by atoms with Crippen molar-refractivity contribution in [3.05, 3.63) is 90.5 Å². The highest BCUT2D eigenvalue weighted by Gasteiger charge is 2.28. The van der Waals surface area contributed by atoms with Gasteiger partial charge in [0, 0.05) is 18.2 Å². The van der Waals surface area contributed by atoms with Crippen molar-refractivity contribution >= 4 is 15.8 Å². The second-order valence-corrected chi connectivity index (χ2v) is 8.66. The van der Waals surface area contributed by atoms with Crippen LogP contribution in [-0.2, 0) is 10.0 Å². The summed E-state index contributed by atoms with van der Waals surface area (Å²) in [6.45, 7) is 1.91. The molecule has 0 atom stereocenters. The first-order chi connectivity index (χ1) is 14.0. The fraction of sp³-hybridized carbons (Fsp3) is 0.0870. The summed E-state index contributed by atoms with van der Waals surface area (Å²) in [7, 11) is -2.30. The van der Waals surface area contributed by atoms with Gasteiger partial charge in [-0.3, -0.25) is 0 Å². The van der Waals surface area contributed by atoms with Gasteiger partial charge in [-0.15, -0.1) is 0 Å². The Balaban J connectivity index is 1.85. The molecule has 146 valence electrons. The Bertz CT molecular complexity index is 1220. The second kappa shape index (κ2) is 7.56. The van der Waals surface area contributed by atoms with Crippen LogP contribution in [0.3, 0.4) is 0 Å². The Labute approximate surface area is 170 Å². The number of aromatic nitrogens is 1. The van der Waals surface area contributed by atoms with E-state index in [4.69, 9.17) is 4.42 Å². The summed E-state index contributed by atoms with van der Waals surface area (Å²) in [4.78, 5) is 4.75. The number of hydrogen-bond donors (Lipinski definition) is 0. The minimum absolute atomic E-state index is 0.203. The maximum absolute atomic E-state index is 13.2. The van der Waals surface area contributed by atoms with Crippen molar-refractivity contribution in [3.8, 4) is 22.8 Å². The number of sulfonamides is 1. The topological polar surface area (TPSA) is 63.4 Å². The molecule has 29 heavy (non-hydrogen) atoms. The van der Waals surface area contributed by atoms with Crippen molar-refractivity contribution in [1.82, 2.24) is 4.98 Å². The third kappa shape index (κ3) is 3.67. The highest BCUT2D eigenvalue weighted by atomic mass is 32.2. The molecule has 0 N–H and O–H groups in total. The van der Waals surface area contributed by atoms with Crippen LogP contribution in [0.4, 0.5) is 5.82 Å². The SMILES string of the molecule is Cc1ccc(S(=O)(=O)N(C)c2nc(-c3ccccc3)oc2-c2ccccc2)cc1. The first-order valence-corrected chi connectivity index (χ1v) is 10.6. The lowest BCUT2D eigenvalue weighted by molar-refractivity contribution is 0.586. The minimum Gasteiger partial charge on any atom is -0.434 e. The van der Waals surface area contributed by atoms with E-state index in [1.807, 2.05) is 67.6 Å². The van der Waals surface area contributed by atoms with Crippen molar-refractivity contribution in [3.63, 3.8) is 0 Å². The molecular weight excluding hydrogens is 384 g/mol. The van der Waals surface area contributed by atoms with Crippen LogP contribution >= 0.6 is 0 Å². The predicted octanol–water partition coefficient (Wildman–Crippen LogP) is 5.14. The van der Waals surface area contributed by atoms with E-state index in [-0.39, 0.29) is 10.7 Å². The van der Waals surface area contributed by atoms with Crippen molar-refractivity contribution in [2.24, 2.45) is 0 Å². The molecule has 0 fully saturated rings. The van der Waals surface area contributed by atoms with Crippen molar-refractivity contribution < 1.29 is 12.8 Å². The van der Waals surface area contributed by atoms with Gasteiger partial charge in [0.2, 0.25) is 5.89 Å². The molecule has 1 aromatic heterocycles. The Morgan fingerprint density at radius 2 is 1.34 bits per heavy atom. The average molecular weight is 404 g/mol. The highest BCUT2D eigenvalue weighted by molar-refractivity contribution is 7.92. The molecule has 0 unspecified atom stereocenters. The number of oxazole rings is 1. The first-order valence-electron chi connectivity index (χ1n) is 9.14. The molecule has 0 spiro atoms. The van der Waals surface area contributed by atoms with Gasteiger partial charge >= 0.3 is 0 Å². The van der Waals surface area contributed by atoms with Gasteiger partial charge in [-0.05, 0) is 31.2 Å². The number of hydrogen-bond acceptors (Lipinski definition) is 4. The van der Waals surface area contributed by atoms with Gasteiger partial charge in [0.05, 0.1) is 4.90 Å². The summed E-state index contributed by atoms with van der Waals surface area (Å²) in [5, 5.41) is 0. The van der Waals surface area contributed by atoms with Crippen LogP contribution in [0.2, 0.25) is 0 Å². The predicted molar refractivity (Wildman–Crippen MR) is 114 cm³/mol. The van der Waals surface area contributed by atoms with E-state index in [2.05, 4.69) is 4.98 Å². The van der Waals surface area contributed by atoms with E-state index in [9.17, 15) is 8.42 Å². The van der Waals surface area contributed by atoms with Gasteiger partial charge in [0.15, 0.2) is 11.6 Å². The number of anilines is 1. The van der Waals surface area contributed by atoms with Crippen LogP contribution in [0.25, 0.3) is 22.8 Å². The van der Waals surface area contributed by atoms with E-state index in [0.29, 0.717) is 11.7 Å². The van der Waals surface area contributed by atoms with E-state index < -0.39 is 10.0 Å². The molecule has 6 heteroatoms. The summed E-state index contributed by atoms with van der Waals surface area (Å²) in [5.41, 5.74) is 2.52. The molecule has 4 aromatic rings. The molecule has 0 bridgehead atoms. The Morgan fingerprint density at radius 3 is 1.93 bits per heavy atom. The fourth-order valence-electron chi connectivity index (χ4n) is 2.99. The molecule has 0 saturated heterocycles. The third-order valence-corrected chi connectivity index (χ3v) is 6.41. The fourth-order valence-corrected chi connectivity index (χ4v) is 4.14. The lowest BCUT2D eigenvalue weighted by Gasteiger charge is -2.18. The van der Waals surface area contributed by atoms with Crippen molar-refractivity contribution in [1.29, 1.82) is 0 Å². The molecule has 3 aromatic carbocycles. The molecule has 0 aliphatic heterocycles. The summed E-state index contributed by atoms with van der Waals surface area (Å²) in [6, 6.07) is 25.5. The molecule has 0 radical (unpaired) electrons.